The second-order valence-corrected chi connectivity index (χ2v) is 4.63. The van der Waals surface area contributed by atoms with E-state index in [0.717, 1.165) is 24.3 Å². The first-order chi connectivity index (χ1) is 9.08. The quantitative estimate of drug-likeness (QED) is 0.810. The lowest BCUT2D eigenvalue weighted by molar-refractivity contribution is -0.000956. The highest BCUT2D eigenvalue weighted by atomic mass is 16.5. The minimum Gasteiger partial charge on any atom is -0.474 e. The van der Waals surface area contributed by atoms with Crippen molar-refractivity contribution in [2.75, 3.05) is 26.3 Å². The summed E-state index contributed by atoms with van der Waals surface area (Å²) < 4.78 is 11.2. The summed E-state index contributed by atoms with van der Waals surface area (Å²) >= 11 is 0. The van der Waals surface area contributed by atoms with Gasteiger partial charge in [-0.25, -0.2) is 4.98 Å². The van der Waals surface area contributed by atoms with Gasteiger partial charge in [-0.1, -0.05) is 0 Å². The molecule has 1 aromatic heterocycles. The molecule has 1 unspecified atom stereocenters. The summed E-state index contributed by atoms with van der Waals surface area (Å²) in [5.41, 5.74) is 7.28. The maximum Gasteiger partial charge on any atom is 0.254 e. The number of nitrogens with zero attached hydrogens (tertiary/aromatic N) is 1. The van der Waals surface area contributed by atoms with Crippen molar-refractivity contribution >= 4 is 5.91 Å². The Morgan fingerprint density at radius 2 is 2.42 bits per heavy atom. The molecule has 1 fully saturated rings. The van der Waals surface area contributed by atoms with Crippen LogP contribution in [0.1, 0.15) is 21.6 Å². The summed E-state index contributed by atoms with van der Waals surface area (Å²) in [7, 11) is 0. The molecular weight excluding hydrogens is 246 g/mol. The van der Waals surface area contributed by atoms with Gasteiger partial charge in [0, 0.05) is 18.8 Å². The predicted octanol–water partition coefficient (Wildman–Crippen LogP) is 0.165. The van der Waals surface area contributed by atoms with Crippen molar-refractivity contribution in [2.45, 2.75) is 20.0 Å². The largest absolute Gasteiger partial charge is 0.474 e. The third kappa shape index (κ3) is 3.42. The Morgan fingerprint density at radius 3 is 3.05 bits per heavy atom. The molecule has 1 aliphatic rings. The Bertz CT molecular complexity index is 470. The van der Waals surface area contributed by atoms with Crippen LogP contribution in [0.4, 0.5) is 0 Å². The Balaban J connectivity index is 2.12. The van der Waals surface area contributed by atoms with Gasteiger partial charge in [0.25, 0.3) is 5.91 Å². The van der Waals surface area contributed by atoms with Crippen LogP contribution in [0.25, 0.3) is 0 Å². The zero-order chi connectivity index (χ0) is 13.8. The van der Waals surface area contributed by atoms with Crippen molar-refractivity contribution in [3.05, 3.63) is 22.9 Å². The fraction of sp³-hybridized carbons (Fsp3) is 0.538. The van der Waals surface area contributed by atoms with Crippen LogP contribution in [-0.2, 0) is 4.74 Å². The second-order valence-electron chi connectivity index (χ2n) is 4.63. The number of pyridine rings is 1. The van der Waals surface area contributed by atoms with E-state index in [1.807, 2.05) is 19.9 Å². The zero-order valence-electron chi connectivity index (χ0n) is 11.2. The van der Waals surface area contributed by atoms with Crippen LogP contribution >= 0.6 is 0 Å². The van der Waals surface area contributed by atoms with Gasteiger partial charge in [-0.2, -0.15) is 0 Å². The Kier molecular flexibility index (Phi) is 4.34. The van der Waals surface area contributed by atoms with Crippen LogP contribution in [0.3, 0.4) is 0 Å². The van der Waals surface area contributed by atoms with Gasteiger partial charge in [-0.15, -0.1) is 0 Å². The number of aryl methyl sites for hydroxylation is 2. The number of hydrogen-bond acceptors (Lipinski definition) is 5. The molecular formula is C13H19N3O3. The fourth-order valence-corrected chi connectivity index (χ4v) is 2.11. The van der Waals surface area contributed by atoms with Crippen molar-refractivity contribution in [1.29, 1.82) is 0 Å². The smallest absolute Gasteiger partial charge is 0.254 e. The molecule has 6 nitrogen and oxygen atoms in total. The normalized spacial score (nSPS) is 19.2. The standard InChI is InChI=1S/C13H19N3O3/c1-8-5-9(2)16-13(11(8)12(14)17)19-7-10-6-15-3-4-18-10/h5,10,15H,3-4,6-7H2,1-2H3,(H2,14,17). The number of primary amides is 1. The molecule has 19 heavy (non-hydrogen) atoms. The van der Waals surface area contributed by atoms with Crippen LogP contribution in [-0.4, -0.2) is 43.3 Å². The predicted molar refractivity (Wildman–Crippen MR) is 70.3 cm³/mol. The van der Waals surface area contributed by atoms with Crippen LogP contribution < -0.4 is 15.8 Å². The molecule has 0 bridgehead atoms. The van der Waals surface area contributed by atoms with Crippen LogP contribution in [0, 0.1) is 13.8 Å². The topological polar surface area (TPSA) is 86.5 Å². The molecule has 2 rings (SSSR count). The van der Waals surface area contributed by atoms with Crippen molar-refractivity contribution in [3.8, 4) is 5.88 Å². The van der Waals surface area contributed by atoms with Crippen LogP contribution in [0.15, 0.2) is 6.07 Å². The average Bonchev–Trinajstić information content (AvgIpc) is 2.36. The van der Waals surface area contributed by atoms with Crippen molar-refractivity contribution in [3.63, 3.8) is 0 Å². The number of ether oxygens (including phenoxy) is 2. The van der Waals surface area contributed by atoms with E-state index < -0.39 is 5.91 Å². The molecule has 3 N–H and O–H groups in total. The number of carbonyl (C=O) groups excluding carboxylic acids is 1. The number of aromatic nitrogens is 1. The third-order valence-corrected chi connectivity index (χ3v) is 2.97. The van der Waals surface area contributed by atoms with E-state index in [0.29, 0.717) is 24.7 Å². The molecule has 1 aromatic rings. The zero-order valence-corrected chi connectivity index (χ0v) is 11.2. The summed E-state index contributed by atoms with van der Waals surface area (Å²) in [6, 6.07) is 1.81. The van der Waals surface area contributed by atoms with Crippen molar-refractivity contribution < 1.29 is 14.3 Å². The molecule has 0 spiro atoms. The van der Waals surface area contributed by atoms with E-state index in [1.54, 1.807) is 0 Å². The number of nitrogens with one attached hydrogen (secondary N) is 1. The molecule has 1 saturated heterocycles. The van der Waals surface area contributed by atoms with E-state index >= 15 is 0 Å². The summed E-state index contributed by atoms with van der Waals surface area (Å²) in [6.07, 6.45) is -0.0305. The van der Waals surface area contributed by atoms with Gasteiger partial charge in [0.1, 0.15) is 18.3 Å². The van der Waals surface area contributed by atoms with Gasteiger partial charge in [0.05, 0.1) is 6.61 Å². The summed E-state index contributed by atoms with van der Waals surface area (Å²) in [4.78, 5) is 15.7. The van der Waals surface area contributed by atoms with Gasteiger partial charge >= 0.3 is 0 Å². The van der Waals surface area contributed by atoms with Crippen LogP contribution in [0.5, 0.6) is 5.88 Å². The molecule has 0 aliphatic carbocycles. The first kappa shape index (κ1) is 13.8. The van der Waals surface area contributed by atoms with Gasteiger partial charge in [-0.05, 0) is 25.5 Å². The van der Waals surface area contributed by atoms with Gasteiger partial charge in [0.2, 0.25) is 5.88 Å². The highest BCUT2D eigenvalue weighted by Crippen LogP contribution is 2.20. The minimum atomic E-state index is -0.525. The molecule has 1 atom stereocenters. The lowest BCUT2D eigenvalue weighted by Gasteiger charge is -2.23. The average molecular weight is 265 g/mol. The highest BCUT2D eigenvalue weighted by molar-refractivity contribution is 5.96. The molecule has 6 heteroatoms. The Hall–Kier alpha value is -1.66. The number of amides is 1. The molecule has 0 radical (unpaired) electrons. The monoisotopic (exact) mass is 265 g/mol. The minimum absolute atomic E-state index is 0.0305. The van der Waals surface area contributed by atoms with E-state index in [1.165, 1.54) is 0 Å². The van der Waals surface area contributed by atoms with Gasteiger partial charge in [0.15, 0.2) is 0 Å². The maximum absolute atomic E-state index is 11.5. The lowest BCUT2D eigenvalue weighted by atomic mass is 10.1. The van der Waals surface area contributed by atoms with Crippen molar-refractivity contribution in [1.82, 2.24) is 10.3 Å². The number of carbonyl (C=O) groups is 1. The molecule has 104 valence electrons. The molecule has 0 saturated carbocycles. The van der Waals surface area contributed by atoms with Crippen LogP contribution in [0.2, 0.25) is 0 Å². The van der Waals surface area contributed by atoms with E-state index in [4.69, 9.17) is 15.2 Å². The van der Waals surface area contributed by atoms with Gasteiger partial charge < -0.3 is 20.5 Å². The first-order valence-corrected chi connectivity index (χ1v) is 6.31. The Labute approximate surface area is 112 Å². The maximum atomic E-state index is 11.5. The first-order valence-electron chi connectivity index (χ1n) is 6.31. The molecule has 1 amide bonds. The van der Waals surface area contributed by atoms with E-state index in [-0.39, 0.29) is 6.10 Å². The summed E-state index contributed by atoms with van der Waals surface area (Å²) in [5, 5.41) is 3.21. The fourth-order valence-electron chi connectivity index (χ4n) is 2.11. The lowest BCUT2D eigenvalue weighted by Crippen LogP contribution is -2.41. The van der Waals surface area contributed by atoms with Gasteiger partial charge in [-0.3, -0.25) is 4.79 Å². The Morgan fingerprint density at radius 1 is 1.63 bits per heavy atom. The van der Waals surface area contributed by atoms with Crippen molar-refractivity contribution in [2.24, 2.45) is 5.73 Å². The number of morpholine rings is 1. The van der Waals surface area contributed by atoms with E-state index in [2.05, 4.69) is 10.3 Å². The molecule has 2 heterocycles. The third-order valence-electron chi connectivity index (χ3n) is 2.97. The SMILES string of the molecule is Cc1cc(C)c(C(N)=O)c(OCC2CNCCO2)n1. The van der Waals surface area contributed by atoms with E-state index in [9.17, 15) is 4.79 Å². The highest BCUT2D eigenvalue weighted by Gasteiger charge is 2.19. The number of nitrogens with two attached hydrogens (primary N) is 1. The summed E-state index contributed by atoms with van der Waals surface area (Å²) in [5.74, 6) is -0.234. The summed E-state index contributed by atoms with van der Waals surface area (Å²) in [6.45, 7) is 6.27. The second kappa shape index (κ2) is 5.99. The number of rotatable bonds is 4. The molecule has 0 aromatic carbocycles. The number of hydrogen-bond donors (Lipinski definition) is 2. The molecule has 1 aliphatic heterocycles.